The fraction of sp³-hybridized carbons (Fsp3) is 0.0800. The van der Waals surface area contributed by atoms with Gasteiger partial charge >= 0.3 is 0 Å². The average Bonchev–Trinajstić information content (AvgIpc) is 2.75. The normalized spacial score (nSPS) is 11.4. The second-order valence-corrected chi connectivity index (χ2v) is 6.91. The zero-order valence-electron chi connectivity index (χ0n) is 16.1. The summed E-state index contributed by atoms with van der Waals surface area (Å²) >= 11 is 0. The Kier molecular flexibility index (Phi) is 5.07. The molecule has 0 bridgehead atoms. The molecule has 0 aliphatic carbocycles. The van der Waals surface area contributed by atoms with Crippen molar-refractivity contribution in [3.05, 3.63) is 108 Å². The van der Waals surface area contributed by atoms with Crippen LogP contribution in [0.25, 0.3) is 10.8 Å². The van der Waals surface area contributed by atoms with E-state index < -0.39 is 0 Å². The maximum absolute atomic E-state index is 4.81. The Morgan fingerprint density at radius 1 is 0.679 bits per heavy atom. The fourth-order valence-electron chi connectivity index (χ4n) is 3.25. The minimum atomic E-state index is 0.916. The second-order valence-electron chi connectivity index (χ2n) is 6.91. The van der Waals surface area contributed by atoms with Gasteiger partial charge in [-0.2, -0.15) is 5.10 Å². The van der Waals surface area contributed by atoms with E-state index in [4.69, 9.17) is 5.10 Å². The van der Waals surface area contributed by atoms with E-state index in [0.717, 1.165) is 33.6 Å². The number of benzene rings is 4. The molecule has 0 aliphatic heterocycles. The maximum Gasteiger partial charge on any atom is 0.0977 e. The number of hydrazone groups is 1. The van der Waals surface area contributed by atoms with Crippen LogP contribution in [0.15, 0.2) is 102 Å². The number of nitrogens with zero attached hydrogens (tertiary/aromatic N) is 2. The SMILES string of the molecule is CN(C)c1ccc(C(=NNc2cccc3ccccc23)c2ccccc2)cc1. The molecule has 28 heavy (non-hydrogen) atoms. The first-order valence-corrected chi connectivity index (χ1v) is 9.37. The topological polar surface area (TPSA) is 27.6 Å². The number of hydrogen-bond acceptors (Lipinski definition) is 3. The minimum Gasteiger partial charge on any atom is -0.378 e. The van der Waals surface area contributed by atoms with Crippen molar-refractivity contribution in [3.8, 4) is 0 Å². The first-order chi connectivity index (χ1) is 13.7. The Balaban J connectivity index is 1.75. The van der Waals surface area contributed by atoms with Gasteiger partial charge in [-0.15, -0.1) is 0 Å². The van der Waals surface area contributed by atoms with Crippen LogP contribution in [0.3, 0.4) is 0 Å². The summed E-state index contributed by atoms with van der Waals surface area (Å²) in [6.45, 7) is 0. The Labute approximate surface area is 165 Å². The van der Waals surface area contributed by atoms with Crippen LogP contribution in [0.4, 0.5) is 11.4 Å². The molecule has 0 heterocycles. The van der Waals surface area contributed by atoms with E-state index in [1.54, 1.807) is 0 Å². The minimum absolute atomic E-state index is 0.916. The number of nitrogens with one attached hydrogen (secondary N) is 1. The summed E-state index contributed by atoms with van der Waals surface area (Å²) in [6.07, 6.45) is 0. The molecule has 0 saturated carbocycles. The summed E-state index contributed by atoms with van der Waals surface area (Å²) in [5.41, 5.74) is 8.53. The predicted octanol–water partition coefficient (Wildman–Crippen LogP) is 5.77. The zero-order chi connectivity index (χ0) is 19.3. The van der Waals surface area contributed by atoms with Gasteiger partial charge in [0.05, 0.1) is 11.4 Å². The van der Waals surface area contributed by atoms with Gasteiger partial charge in [0, 0.05) is 36.3 Å². The summed E-state index contributed by atoms with van der Waals surface area (Å²) in [7, 11) is 4.09. The van der Waals surface area contributed by atoms with Crippen LogP contribution in [0.1, 0.15) is 11.1 Å². The lowest BCUT2D eigenvalue weighted by atomic mass is 10.0. The second kappa shape index (κ2) is 7.97. The monoisotopic (exact) mass is 365 g/mol. The van der Waals surface area contributed by atoms with Crippen molar-refractivity contribution in [3.63, 3.8) is 0 Å². The highest BCUT2D eigenvalue weighted by atomic mass is 15.3. The Morgan fingerprint density at radius 2 is 1.32 bits per heavy atom. The van der Waals surface area contributed by atoms with Crippen LogP contribution in [0.5, 0.6) is 0 Å². The summed E-state index contributed by atoms with van der Waals surface area (Å²) < 4.78 is 0. The zero-order valence-corrected chi connectivity index (χ0v) is 16.1. The number of fused-ring (bicyclic) bond motifs is 1. The molecule has 0 radical (unpaired) electrons. The van der Waals surface area contributed by atoms with Crippen molar-refractivity contribution >= 4 is 27.9 Å². The Morgan fingerprint density at radius 3 is 2.07 bits per heavy atom. The molecule has 0 spiro atoms. The van der Waals surface area contributed by atoms with Gasteiger partial charge in [-0.1, -0.05) is 78.9 Å². The molecule has 0 saturated heterocycles. The predicted molar refractivity (Wildman–Crippen MR) is 120 cm³/mol. The molecule has 0 aromatic heterocycles. The largest absolute Gasteiger partial charge is 0.378 e. The first-order valence-electron chi connectivity index (χ1n) is 9.37. The molecule has 3 heteroatoms. The highest BCUT2D eigenvalue weighted by Crippen LogP contribution is 2.24. The number of anilines is 2. The number of rotatable bonds is 5. The quantitative estimate of drug-likeness (QED) is 0.359. The molecule has 4 aromatic carbocycles. The summed E-state index contributed by atoms with van der Waals surface area (Å²) in [5.74, 6) is 0. The van der Waals surface area contributed by atoms with E-state index in [1.165, 1.54) is 5.39 Å². The standard InChI is InChI=1S/C25H23N3/c1-28(2)22-17-15-21(16-18-22)25(20-10-4-3-5-11-20)27-26-24-14-8-12-19-9-6-7-13-23(19)24/h3-18,26H,1-2H3. The van der Waals surface area contributed by atoms with E-state index in [9.17, 15) is 0 Å². The van der Waals surface area contributed by atoms with E-state index >= 15 is 0 Å². The highest BCUT2D eigenvalue weighted by molar-refractivity contribution is 6.13. The molecule has 0 amide bonds. The smallest absolute Gasteiger partial charge is 0.0977 e. The van der Waals surface area contributed by atoms with E-state index in [0.29, 0.717) is 0 Å². The van der Waals surface area contributed by atoms with Crippen LogP contribution in [-0.4, -0.2) is 19.8 Å². The van der Waals surface area contributed by atoms with Crippen LogP contribution in [-0.2, 0) is 0 Å². The fourth-order valence-corrected chi connectivity index (χ4v) is 3.25. The van der Waals surface area contributed by atoms with Gasteiger partial charge in [0.1, 0.15) is 0 Å². The van der Waals surface area contributed by atoms with E-state index in [2.05, 4.69) is 83.1 Å². The van der Waals surface area contributed by atoms with E-state index in [-0.39, 0.29) is 0 Å². The molecule has 0 aliphatic rings. The lowest BCUT2D eigenvalue weighted by molar-refractivity contribution is 1.13. The van der Waals surface area contributed by atoms with Crippen molar-refractivity contribution in [2.45, 2.75) is 0 Å². The lowest BCUT2D eigenvalue weighted by Gasteiger charge is -2.14. The van der Waals surface area contributed by atoms with E-state index in [1.807, 2.05) is 38.4 Å². The molecule has 3 nitrogen and oxygen atoms in total. The van der Waals surface area contributed by atoms with Gasteiger partial charge in [0.15, 0.2) is 0 Å². The van der Waals surface area contributed by atoms with Gasteiger partial charge in [0.2, 0.25) is 0 Å². The molecule has 1 N–H and O–H groups in total. The Bertz CT molecular complexity index is 1090. The maximum atomic E-state index is 4.81. The Hall–Kier alpha value is -3.59. The molecule has 0 fully saturated rings. The molecule has 0 atom stereocenters. The summed E-state index contributed by atoms with van der Waals surface area (Å²) in [4.78, 5) is 2.09. The lowest BCUT2D eigenvalue weighted by Crippen LogP contribution is -2.10. The van der Waals surface area contributed by atoms with Crippen molar-refractivity contribution in [2.75, 3.05) is 24.4 Å². The van der Waals surface area contributed by atoms with Crippen molar-refractivity contribution in [1.82, 2.24) is 0 Å². The molecule has 0 unspecified atom stereocenters. The van der Waals surface area contributed by atoms with Crippen molar-refractivity contribution in [2.24, 2.45) is 5.10 Å². The van der Waals surface area contributed by atoms with Crippen LogP contribution >= 0.6 is 0 Å². The van der Waals surface area contributed by atoms with Crippen molar-refractivity contribution < 1.29 is 0 Å². The van der Waals surface area contributed by atoms with Crippen LogP contribution < -0.4 is 10.3 Å². The summed E-state index contributed by atoms with van der Waals surface area (Å²) in [5, 5.41) is 7.16. The van der Waals surface area contributed by atoms with Crippen LogP contribution in [0.2, 0.25) is 0 Å². The first kappa shape index (κ1) is 17.8. The van der Waals surface area contributed by atoms with Crippen LogP contribution in [0, 0.1) is 0 Å². The van der Waals surface area contributed by atoms with Gasteiger partial charge in [-0.25, -0.2) is 0 Å². The third-order valence-corrected chi connectivity index (χ3v) is 4.78. The third kappa shape index (κ3) is 3.74. The van der Waals surface area contributed by atoms with Gasteiger partial charge in [-0.05, 0) is 23.6 Å². The third-order valence-electron chi connectivity index (χ3n) is 4.78. The van der Waals surface area contributed by atoms with Gasteiger partial charge in [-0.3, -0.25) is 5.43 Å². The number of hydrogen-bond donors (Lipinski definition) is 1. The molecule has 4 aromatic rings. The molecular weight excluding hydrogens is 342 g/mol. The average molecular weight is 365 g/mol. The molecular formula is C25H23N3. The summed E-state index contributed by atoms with van der Waals surface area (Å²) in [6, 6.07) is 33.3. The van der Waals surface area contributed by atoms with Crippen molar-refractivity contribution in [1.29, 1.82) is 0 Å². The highest BCUT2D eigenvalue weighted by Gasteiger charge is 2.08. The molecule has 4 rings (SSSR count). The van der Waals surface area contributed by atoms with Gasteiger partial charge in [0.25, 0.3) is 0 Å². The van der Waals surface area contributed by atoms with Gasteiger partial charge < -0.3 is 4.90 Å². The molecule has 138 valence electrons.